The molecule has 1 aliphatic rings. The van der Waals surface area contributed by atoms with Crippen LogP contribution in [0.5, 0.6) is 0 Å². The van der Waals surface area contributed by atoms with Gasteiger partial charge in [-0.05, 0) is 53.5 Å². The Morgan fingerprint density at radius 3 is 2.42 bits per heavy atom. The molecule has 4 heteroatoms. The van der Waals surface area contributed by atoms with E-state index in [4.69, 9.17) is 14.2 Å². The van der Waals surface area contributed by atoms with E-state index in [-0.39, 0.29) is 0 Å². The third-order valence-corrected chi connectivity index (χ3v) is 3.24. The van der Waals surface area contributed by atoms with Crippen molar-refractivity contribution in [3.8, 4) is 0 Å². The van der Waals surface area contributed by atoms with E-state index in [1.807, 2.05) is 0 Å². The molecule has 1 N–H and O–H groups in total. The van der Waals surface area contributed by atoms with Crippen LogP contribution < -0.4 is 5.32 Å². The van der Waals surface area contributed by atoms with E-state index >= 15 is 0 Å². The molecular formula is C15H31NO3. The highest BCUT2D eigenvalue weighted by Crippen LogP contribution is 2.21. The van der Waals surface area contributed by atoms with Crippen LogP contribution in [0.1, 0.15) is 47.0 Å². The standard InChI is InChI=1S/C15H31NO3/c1-12(2)17-8-5-6-16-7-9-18-15-10-13(3)19-14(4)11-15/h12-16H,5-11H2,1-4H3. The zero-order valence-corrected chi connectivity index (χ0v) is 13.0. The van der Waals surface area contributed by atoms with E-state index < -0.39 is 0 Å². The van der Waals surface area contributed by atoms with Gasteiger partial charge in [0.25, 0.3) is 0 Å². The Hall–Kier alpha value is -0.160. The maximum absolute atomic E-state index is 5.89. The highest BCUT2D eigenvalue weighted by Gasteiger charge is 2.24. The van der Waals surface area contributed by atoms with Crippen LogP contribution in [0, 0.1) is 0 Å². The van der Waals surface area contributed by atoms with Gasteiger partial charge in [0.05, 0.1) is 31.0 Å². The Morgan fingerprint density at radius 2 is 1.79 bits per heavy atom. The SMILES string of the molecule is CC(C)OCCCNCCOC1CC(C)OC(C)C1. The lowest BCUT2D eigenvalue weighted by atomic mass is 10.0. The summed E-state index contributed by atoms with van der Waals surface area (Å²) >= 11 is 0. The van der Waals surface area contributed by atoms with Gasteiger partial charge in [-0.15, -0.1) is 0 Å². The van der Waals surface area contributed by atoms with Gasteiger partial charge in [0.15, 0.2) is 0 Å². The van der Waals surface area contributed by atoms with Crippen molar-refractivity contribution < 1.29 is 14.2 Å². The van der Waals surface area contributed by atoms with Crippen LogP contribution in [0.4, 0.5) is 0 Å². The molecule has 0 aromatic carbocycles. The van der Waals surface area contributed by atoms with Gasteiger partial charge in [0.2, 0.25) is 0 Å². The number of hydrogen-bond donors (Lipinski definition) is 1. The Kier molecular flexibility index (Phi) is 8.62. The van der Waals surface area contributed by atoms with Crippen molar-refractivity contribution in [3.05, 3.63) is 0 Å². The van der Waals surface area contributed by atoms with Crippen LogP contribution in [0.2, 0.25) is 0 Å². The molecule has 1 fully saturated rings. The fourth-order valence-electron chi connectivity index (χ4n) is 2.42. The van der Waals surface area contributed by atoms with Crippen LogP contribution in [0.3, 0.4) is 0 Å². The molecule has 0 aliphatic carbocycles. The summed E-state index contributed by atoms with van der Waals surface area (Å²) in [5, 5.41) is 3.38. The number of rotatable bonds is 9. The van der Waals surface area contributed by atoms with Gasteiger partial charge in [0.1, 0.15) is 0 Å². The van der Waals surface area contributed by atoms with Gasteiger partial charge in [-0.1, -0.05) is 0 Å². The van der Waals surface area contributed by atoms with Crippen LogP contribution in [-0.2, 0) is 14.2 Å². The summed E-state index contributed by atoms with van der Waals surface area (Å²) in [7, 11) is 0. The molecule has 0 spiro atoms. The van der Waals surface area contributed by atoms with Gasteiger partial charge in [-0.2, -0.15) is 0 Å². The summed E-state index contributed by atoms with van der Waals surface area (Å²) in [6.07, 6.45) is 4.46. The van der Waals surface area contributed by atoms with E-state index in [1.54, 1.807) is 0 Å². The lowest BCUT2D eigenvalue weighted by molar-refractivity contribution is -0.101. The topological polar surface area (TPSA) is 39.7 Å². The monoisotopic (exact) mass is 273 g/mol. The molecule has 0 aromatic rings. The molecule has 1 rings (SSSR count). The number of ether oxygens (including phenoxy) is 3. The molecule has 4 nitrogen and oxygen atoms in total. The van der Waals surface area contributed by atoms with Crippen molar-refractivity contribution in [1.82, 2.24) is 5.32 Å². The van der Waals surface area contributed by atoms with Gasteiger partial charge >= 0.3 is 0 Å². The molecule has 2 unspecified atom stereocenters. The normalized spacial score (nSPS) is 27.9. The third-order valence-electron chi connectivity index (χ3n) is 3.24. The van der Waals surface area contributed by atoms with Crippen molar-refractivity contribution in [2.24, 2.45) is 0 Å². The first-order valence-electron chi connectivity index (χ1n) is 7.67. The highest BCUT2D eigenvalue weighted by molar-refractivity contribution is 4.73. The molecule has 2 atom stereocenters. The van der Waals surface area contributed by atoms with Crippen LogP contribution in [0.25, 0.3) is 0 Å². The van der Waals surface area contributed by atoms with Crippen molar-refractivity contribution in [1.29, 1.82) is 0 Å². The lowest BCUT2D eigenvalue weighted by Gasteiger charge is -2.32. The minimum absolute atomic E-state index is 0.329. The average Bonchev–Trinajstić information content (AvgIpc) is 2.31. The van der Waals surface area contributed by atoms with Crippen molar-refractivity contribution in [3.63, 3.8) is 0 Å². The molecule has 0 bridgehead atoms. The summed E-state index contributed by atoms with van der Waals surface area (Å²) in [4.78, 5) is 0. The molecular weight excluding hydrogens is 242 g/mol. The summed E-state index contributed by atoms with van der Waals surface area (Å²) in [5.41, 5.74) is 0. The van der Waals surface area contributed by atoms with Gasteiger partial charge < -0.3 is 19.5 Å². The quantitative estimate of drug-likeness (QED) is 0.655. The predicted molar refractivity (Wildman–Crippen MR) is 77.6 cm³/mol. The molecule has 0 radical (unpaired) electrons. The first-order chi connectivity index (χ1) is 9.08. The summed E-state index contributed by atoms with van der Waals surface area (Å²) in [6.45, 7) is 11.9. The van der Waals surface area contributed by atoms with Crippen molar-refractivity contribution in [2.75, 3.05) is 26.3 Å². The Morgan fingerprint density at radius 1 is 1.11 bits per heavy atom. The lowest BCUT2D eigenvalue weighted by Crippen LogP contribution is -2.35. The van der Waals surface area contributed by atoms with Crippen LogP contribution in [0.15, 0.2) is 0 Å². The van der Waals surface area contributed by atoms with Gasteiger partial charge in [-0.3, -0.25) is 0 Å². The summed E-state index contributed by atoms with van der Waals surface area (Å²) < 4.78 is 17.1. The maximum atomic E-state index is 5.89. The Bertz CT molecular complexity index is 213. The minimum Gasteiger partial charge on any atom is -0.379 e. The van der Waals surface area contributed by atoms with Gasteiger partial charge in [0, 0.05) is 13.2 Å². The van der Waals surface area contributed by atoms with E-state index in [2.05, 4.69) is 33.0 Å². The molecule has 1 aliphatic heterocycles. The molecule has 114 valence electrons. The molecule has 0 amide bonds. The van der Waals surface area contributed by atoms with Crippen molar-refractivity contribution in [2.45, 2.75) is 71.4 Å². The highest BCUT2D eigenvalue weighted by atomic mass is 16.5. The molecule has 0 saturated carbocycles. The fourth-order valence-corrected chi connectivity index (χ4v) is 2.42. The number of hydrogen-bond acceptors (Lipinski definition) is 4. The predicted octanol–water partition coefficient (Wildman–Crippen LogP) is 2.36. The molecule has 19 heavy (non-hydrogen) atoms. The Balaban J connectivity index is 1.90. The van der Waals surface area contributed by atoms with E-state index in [0.29, 0.717) is 24.4 Å². The zero-order valence-electron chi connectivity index (χ0n) is 13.0. The largest absolute Gasteiger partial charge is 0.379 e. The smallest absolute Gasteiger partial charge is 0.0625 e. The van der Waals surface area contributed by atoms with Crippen LogP contribution in [-0.4, -0.2) is 50.7 Å². The van der Waals surface area contributed by atoms with Crippen molar-refractivity contribution >= 4 is 0 Å². The maximum Gasteiger partial charge on any atom is 0.0625 e. The van der Waals surface area contributed by atoms with E-state index in [1.165, 1.54) is 0 Å². The Labute approximate surface area is 118 Å². The summed E-state index contributed by atoms with van der Waals surface area (Å²) in [6, 6.07) is 0. The minimum atomic E-state index is 0.329. The van der Waals surface area contributed by atoms with Crippen LogP contribution >= 0.6 is 0 Å². The molecule has 0 aromatic heterocycles. The second kappa shape index (κ2) is 9.70. The van der Waals surface area contributed by atoms with E-state index in [9.17, 15) is 0 Å². The first kappa shape index (κ1) is 16.9. The average molecular weight is 273 g/mol. The fraction of sp³-hybridized carbons (Fsp3) is 1.00. The second-order valence-corrected chi connectivity index (χ2v) is 5.74. The zero-order chi connectivity index (χ0) is 14.1. The molecule has 1 heterocycles. The second-order valence-electron chi connectivity index (χ2n) is 5.74. The summed E-state index contributed by atoms with van der Waals surface area (Å²) in [5.74, 6) is 0. The van der Waals surface area contributed by atoms with E-state index in [0.717, 1.165) is 45.6 Å². The molecule has 1 saturated heterocycles. The van der Waals surface area contributed by atoms with Gasteiger partial charge in [-0.25, -0.2) is 0 Å². The third kappa shape index (κ3) is 8.58. The first-order valence-corrected chi connectivity index (χ1v) is 7.67. The number of nitrogens with one attached hydrogen (secondary N) is 1.